The van der Waals surface area contributed by atoms with Crippen LogP contribution in [0.3, 0.4) is 0 Å². The number of hydrogen-bond acceptors (Lipinski definition) is 6. The quantitative estimate of drug-likeness (QED) is 0.131. The third-order valence-electron chi connectivity index (χ3n) is 8.92. The van der Waals surface area contributed by atoms with E-state index in [4.69, 9.17) is 25.8 Å². The highest BCUT2D eigenvalue weighted by Gasteiger charge is 2.40. The molecule has 0 aromatic heterocycles. The van der Waals surface area contributed by atoms with Gasteiger partial charge in [0.15, 0.2) is 11.5 Å². The second kappa shape index (κ2) is 19.3. The lowest BCUT2D eigenvalue weighted by Gasteiger charge is -2.31. The largest absolute Gasteiger partial charge is 0.492 e. The van der Waals surface area contributed by atoms with Crippen LogP contribution in [0.2, 0.25) is 5.02 Å². The van der Waals surface area contributed by atoms with E-state index in [2.05, 4.69) is 41.5 Å². The number of halogens is 3. The van der Waals surface area contributed by atoms with Gasteiger partial charge in [0, 0.05) is 47.0 Å². The van der Waals surface area contributed by atoms with Crippen LogP contribution in [0.15, 0.2) is 91.0 Å². The van der Waals surface area contributed by atoms with Crippen molar-refractivity contribution in [1.82, 2.24) is 10.2 Å². The number of carbonyl (C=O) groups is 2. The number of amides is 2. The van der Waals surface area contributed by atoms with Crippen molar-refractivity contribution >= 4 is 41.5 Å². The van der Waals surface area contributed by atoms with Crippen LogP contribution in [-0.4, -0.2) is 63.2 Å². The average Bonchev–Trinajstić information content (AvgIpc) is 3.21. The zero-order valence-corrected chi connectivity index (χ0v) is 32.6. The summed E-state index contributed by atoms with van der Waals surface area (Å²) in [7, 11) is 3.65. The summed E-state index contributed by atoms with van der Waals surface area (Å²) in [5.41, 5.74) is 3.30. The van der Waals surface area contributed by atoms with Crippen LogP contribution in [0.5, 0.6) is 11.5 Å². The summed E-state index contributed by atoms with van der Waals surface area (Å²) in [4.78, 5) is 31.6. The summed E-state index contributed by atoms with van der Waals surface area (Å²) in [5, 5.41) is 3.23. The van der Waals surface area contributed by atoms with E-state index in [1.807, 2.05) is 51.1 Å². The molecule has 0 bridgehead atoms. The zero-order valence-electron chi connectivity index (χ0n) is 31.1. The number of hydrogen-bond donors (Lipinski definition) is 1. The number of likely N-dealkylation sites (N-methyl/N-ethyl adjacent to an activating group) is 1. The maximum atomic E-state index is 14.4. The van der Waals surface area contributed by atoms with Crippen molar-refractivity contribution in [2.45, 2.75) is 58.8 Å². The normalized spacial score (nSPS) is 15.7. The molecule has 11 heteroatoms. The van der Waals surface area contributed by atoms with Crippen molar-refractivity contribution in [1.29, 1.82) is 0 Å². The standard InChI is InChI=1S/C42H49ClFN3O5.ClH/c1-42(2,3)28-47-35-21-20-31(43)25-33(35)39(52-37(41(47)49)26-38(48)45-27-30-16-9-10-18-34(30)44)32-17-11-19-36(40(32)50-5)51-24-23-46(4)22-12-15-29-13-7-6-8-14-29;/h6-11,13-14,16-21,25,37,39H,12,15,22-24,26-28H2,1-5H3,(H,45,48);1H. The van der Waals surface area contributed by atoms with E-state index in [0.717, 1.165) is 19.4 Å². The van der Waals surface area contributed by atoms with Gasteiger partial charge in [-0.3, -0.25) is 9.59 Å². The summed E-state index contributed by atoms with van der Waals surface area (Å²) in [6, 6.07) is 27.6. The molecule has 4 aromatic carbocycles. The lowest BCUT2D eigenvalue weighted by Crippen LogP contribution is -2.45. The molecule has 284 valence electrons. The van der Waals surface area contributed by atoms with Crippen LogP contribution < -0.4 is 19.7 Å². The molecule has 0 spiro atoms. The first-order chi connectivity index (χ1) is 24.9. The first kappa shape index (κ1) is 41.6. The fourth-order valence-electron chi connectivity index (χ4n) is 6.35. The first-order valence-corrected chi connectivity index (χ1v) is 18.1. The fraction of sp³-hybridized carbons (Fsp3) is 0.381. The van der Waals surface area contributed by atoms with Gasteiger partial charge in [0.25, 0.3) is 5.91 Å². The second-order valence-electron chi connectivity index (χ2n) is 14.4. The van der Waals surface area contributed by atoms with Crippen molar-refractivity contribution in [2.24, 2.45) is 5.41 Å². The minimum Gasteiger partial charge on any atom is -0.492 e. The molecular formula is C42H50Cl2FN3O5. The zero-order chi connectivity index (χ0) is 37.3. The number of fused-ring (bicyclic) bond motifs is 1. The van der Waals surface area contributed by atoms with Crippen molar-refractivity contribution < 1.29 is 28.2 Å². The molecule has 5 rings (SSSR count). The van der Waals surface area contributed by atoms with E-state index < -0.39 is 23.9 Å². The fourth-order valence-corrected chi connectivity index (χ4v) is 6.53. The average molecular weight is 767 g/mol. The van der Waals surface area contributed by atoms with E-state index >= 15 is 0 Å². The molecule has 1 aliphatic rings. The number of carbonyl (C=O) groups excluding carboxylic acids is 2. The van der Waals surface area contributed by atoms with E-state index in [0.29, 0.717) is 58.6 Å². The molecule has 0 fully saturated rings. The van der Waals surface area contributed by atoms with Crippen LogP contribution in [0.4, 0.5) is 10.1 Å². The van der Waals surface area contributed by atoms with Crippen LogP contribution in [-0.2, 0) is 27.3 Å². The second-order valence-corrected chi connectivity index (χ2v) is 14.8. The lowest BCUT2D eigenvalue weighted by atomic mass is 9.94. The summed E-state index contributed by atoms with van der Waals surface area (Å²) in [5.74, 6) is -0.228. The Balaban J connectivity index is 0.00000627. The minimum absolute atomic E-state index is 0. The summed E-state index contributed by atoms with van der Waals surface area (Å²) in [6.45, 7) is 8.53. The Morgan fingerprint density at radius 2 is 1.72 bits per heavy atom. The molecule has 4 aromatic rings. The number of benzene rings is 4. The Hall–Kier alpha value is -4.15. The molecule has 2 atom stereocenters. The molecule has 2 amide bonds. The highest BCUT2D eigenvalue weighted by molar-refractivity contribution is 6.30. The molecule has 0 radical (unpaired) electrons. The lowest BCUT2D eigenvalue weighted by molar-refractivity contribution is -0.138. The Bertz CT molecular complexity index is 1820. The first-order valence-electron chi connectivity index (χ1n) is 17.7. The minimum atomic E-state index is -1.17. The van der Waals surface area contributed by atoms with Gasteiger partial charge in [-0.2, -0.15) is 0 Å². The number of methoxy groups -OCH3 is 1. The van der Waals surface area contributed by atoms with E-state index in [1.165, 1.54) is 11.6 Å². The number of para-hydroxylation sites is 1. The van der Waals surface area contributed by atoms with E-state index in [9.17, 15) is 14.0 Å². The Morgan fingerprint density at radius 1 is 0.981 bits per heavy atom. The van der Waals surface area contributed by atoms with Crippen LogP contribution in [0, 0.1) is 11.2 Å². The Labute approximate surface area is 324 Å². The van der Waals surface area contributed by atoms with Gasteiger partial charge in [0.1, 0.15) is 24.6 Å². The van der Waals surface area contributed by atoms with Crippen LogP contribution in [0.1, 0.15) is 62.0 Å². The summed E-state index contributed by atoms with van der Waals surface area (Å²) < 4.78 is 33.3. The molecule has 1 aliphatic heterocycles. The maximum Gasteiger partial charge on any atom is 0.256 e. The topological polar surface area (TPSA) is 80.3 Å². The van der Waals surface area contributed by atoms with Gasteiger partial charge in [0.05, 0.1) is 13.5 Å². The summed E-state index contributed by atoms with van der Waals surface area (Å²) in [6.07, 6.45) is -0.239. The van der Waals surface area contributed by atoms with Gasteiger partial charge in [-0.15, -0.1) is 12.4 Å². The third-order valence-corrected chi connectivity index (χ3v) is 9.15. The monoisotopic (exact) mass is 765 g/mol. The van der Waals surface area contributed by atoms with Crippen molar-refractivity contribution in [3.63, 3.8) is 0 Å². The van der Waals surface area contributed by atoms with Crippen molar-refractivity contribution in [2.75, 3.05) is 45.3 Å². The predicted octanol–water partition coefficient (Wildman–Crippen LogP) is 8.43. The molecule has 0 aliphatic carbocycles. The van der Waals surface area contributed by atoms with Gasteiger partial charge >= 0.3 is 0 Å². The number of nitrogens with one attached hydrogen (secondary N) is 1. The van der Waals surface area contributed by atoms with Crippen LogP contribution >= 0.6 is 24.0 Å². The molecule has 2 unspecified atom stereocenters. The molecule has 1 heterocycles. The highest BCUT2D eigenvalue weighted by Crippen LogP contribution is 2.45. The van der Waals surface area contributed by atoms with E-state index in [1.54, 1.807) is 42.3 Å². The molecule has 0 saturated heterocycles. The number of aryl methyl sites for hydroxylation is 1. The Morgan fingerprint density at radius 3 is 2.43 bits per heavy atom. The molecule has 8 nitrogen and oxygen atoms in total. The van der Waals surface area contributed by atoms with Gasteiger partial charge in [-0.05, 0) is 67.7 Å². The SMILES string of the molecule is COc1c(OCCN(C)CCCc2ccccc2)cccc1C1OC(CC(=O)NCc2ccccc2F)C(=O)N(CC(C)(C)C)c2ccc(Cl)cc21.Cl. The molecule has 1 N–H and O–H groups in total. The van der Waals surface area contributed by atoms with Crippen molar-refractivity contribution in [3.8, 4) is 11.5 Å². The smallest absolute Gasteiger partial charge is 0.256 e. The summed E-state index contributed by atoms with van der Waals surface area (Å²) >= 11 is 6.59. The highest BCUT2D eigenvalue weighted by atomic mass is 35.5. The number of ether oxygens (including phenoxy) is 3. The molecule has 0 saturated carbocycles. The van der Waals surface area contributed by atoms with Gasteiger partial charge in [-0.25, -0.2) is 4.39 Å². The van der Waals surface area contributed by atoms with Gasteiger partial charge < -0.3 is 29.3 Å². The van der Waals surface area contributed by atoms with Gasteiger partial charge in [-0.1, -0.05) is 93.0 Å². The van der Waals surface area contributed by atoms with Gasteiger partial charge in [0.2, 0.25) is 5.91 Å². The molecular weight excluding hydrogens is 716 g/mol. The van der Waals surface area contributed by atoms with Crippen molar-refractivity contribution in [3.05, 3.63) is 124 Å². The maximum absolute atomic E-state index is 14.4. The van der Waals surface area contributed by atoms with Crippen LogP contribution in [0.25, 0.3) is 0 Å². The number of anilines is 1. The third kappa shape index (κ3) is 11.4. The molecule has 53 heavy (non-hydrogen) atoms. The number of nitrogens with zero attached hydrogens (tertiary/aromatic N) is 2. The number of rotatable bonds is 15. The Kier molecular flexibility index (Phi) is 15.1. The predicted molar refractivity (Wildman–Crippen MR) is 211 cm³/mol. The van der Waals surface area contributed by atoms with E-state index in [-0.39, 0.29) is 36.7 Å².